The lowest BCUT2D eigenvalue weighted by atomic mass is 10.0. The lowest BCUT2D eigenvalue weighted by molar-refractivity contribution is 0.104. The van der Waals surface area contributed by atoms with Crippen LogP contribution in [0.1, 0.15) is 27.0 Å². The molecule has 0 aromatic heterocycles. The minimum absolute atomic E-state index is 0.0178. The molecule has 24 heavy (non-hydrogen) atoms. The summed E-state index contributed by atoms with van der Waals surface area (Å²) in [7, 11) is 0. The molecule has 1 nitrogen and oxygen atoms in total. The average Bonchev–Trinajstić information content (AvgIpc) is 2.62. The van der Waals surface area contributed by atoms with Gasteiger partial charge in [0.2, 0.25) is 0 Å². The van der Waals surface area contributed by atoms with Crippen molar-refractivity contribution in [2.75, 3.05) is 0 Å². The zero-order valence-corrected chi connectivity index (χ0v) is 14.7. The van der Waals surface area contributed by atoms with Gasteiger partial charge in [-0.15, -0.1) is 0 Å². The van der Waals surface area contributed by atoms with Crippen LogP contribution in [0.15, 0.2) is 89.4 Å². The lowest BCUT2D eigenvalue weighted by Crippen LogP contribution is -1.95. The minimum atomic E-state index is 0.0178. The van der Waals surface area contributed by atoms with Crippen molar-refractivity contribution < 1.29 is 4.79 Å². The topological polar surface area (TPSA) is 17.1 Å². The first-order chi connectivity index (χ1) is 11.7. The third-order valence-corrected chi connectivity index (χ3v) is 4.32. The molecule has 0 bridgehead atoms. The number of benzene rings is 3. The zero-order valence-electron chi connectivity index (χ0n) is 13.2. The van der Waals surface area contributed by atoms with E-state index >= 15 is 0 Å². The van der Waals surface area contributed by atoms with Gasteiger partial charge in [-0.05, 0) is 41.3 Å². The van der Waals surface area contributed by atoms with Crippen molar-refractivity contribution in [1.82, 2.24) is 0 Å². The maximum atomic E-state index is 12.3. The highest BCUT2D eigenvalue weighted by molar-refractivity contribution is 9.10. The third-order valence-electron chi connectivity index (χ3n) is 3.79. The number of allylic oxidation sites excluding steroid dienone is 1. The van der Waals surface area contributed by atoms with Crippen LogP contribution in [0, 0.1) is 0 Å². The molecular weight excluding hydrogens is 360 g/mol. The van der Waals surface area contributed by atoms with Crippen molar-refractivity contribution in [2.45, 2.75) is 6.42 Å². The highest BCUT2D eigenvalue weighted by atomic mass is 79.9. The zero-order chi connectivity index (χ0) is 16.8. The maximum absolute atomic E-state index is 12.3. The van der Waals surface area contributed by atoms with Crippen LogP contribution in [-0.2, 0) is 6.42 Å². The molecular formula is C22H17BrO. The van der Waals surface area contributed by atoms with Crippen LogP contribution >= 0.6 is 15.9 Å². The van der Waals surface area contributed by atoms with Crippen molar-refractivity contribution in [3.8, 4) is 0 Å². The van der Waals surface area contributed by atoms with Gasteiger partial charge >= 0.3 is 0 Å². The molecule has 118 valence electrons. The normalized spacial score (nSPS) is 10.9. The highest BCUT2D eigenvalue weighted by Gasteiger charge is 2.02. The Hall–Kier alpha value is -2.45. The molecule has 0 heterocycles. The molecule has 0 aliphatic heterocycles. The van der Waals surface area contributed by atoms with Gasteiger partial charge in [0.25, 0.3) is 0 Å². The number of hydrogen-bond donors (Lipinski definition) is 0. The Morgan fingerprint density at radius 1 is 0.792 bits per heavy atom. The van der Waals surface area contributed by atoms with Gasteiger partial charge in [0.15, 0.2) is 5.78 Å². The number of carbonyl (C=O) groups is 1. The molecule has 0 aliphatic rings. The molecule has 0 saturated carbocycles. The Labute approximate surface area is 150 Å². The molecule has 0 aliphatic carbocycles. The van der Waals surface area contributed by atoms with Gasteiger partial charge in [0.1, 0.15) is 0 Å². The summed E-state index contributed by atoms with van der Waals surface area (Å²) in [6.45, 7) is 0. The largest absolute Gasteiger partial charge is 0.289 e. The van der Waals surface area contributed by atoms with Gasteiger partial charge in [0.05, 0.1) is 0 Å². The number of rotatable bonds is 5. The van der Waals surface area contributed by atoms with Crippen molar-refractivity contribution in [2.24, 2.45) is 0 Å². The Morgan fingerprint density at radius 2 is 1.42 bits per heavy atom. The van der Waals surface area contributed by atoms with E-state index in [1.165, 1.54) is 11.1 Å². The fourth-order valence-corrected chi connectivity index (χ4v) is 2.72. The molecule has 0 unspecified atom stereocenters. The van der Waals surface area contributed by atoms with Crippen molar-refractivity contribution in [3.63, 3.8) is 0 Å². The highest BCUT2D eigenvalue weighted by Crippen LogP contribution is 2.14. The first-order valence-corrected chi connectivity index (χ1v) is 8.61. The van der Waals surface area contributed by atoms with E-state index in [0.717, 1.165) is 16.5 Å². The van der Waals surface area contributed by atoms with Crippen LogP contribution in [0.5, 0.6) is 0 Å². The molecule has 0 radical (unpaired) electrons. The van der Waals surface area contributed by atoms with Crippen molar-refractivity contribution >= 4 is 27.8 Å². The summed E-state index contributed by atoms with van der Waals surface area (Å²) < 4.78 is 1.03. The summed E-state index contributed by atoms with van der Waals surface area (Å²) in [5.74, 6) is 0.0178. The SMILES string of the molecule is O=C(/C=C/c1ccc(Br)cc1)c1ccc(Cc2ccccc2)cc1. The van der Waals surface area contributed by atoms with Crippen LogP contribution in [0.2, 0.25) is 0 Å². The van der Waals surface area contributed by atoms with Crippen LogP contribution in [0.3, 0.4) is 0 Å². The number of carbonyl (C=O) groups excluding carboxylic acids is 1. The summed E-state index contributed by atoms with van der Waals surface area (Å²) in [6, 6.07) is 26.0. The Kier molecular flexibility index (Phi) is 5.39. The van der Waals surface area contributed by atoms with Gasteiger partial charge in [-0.25, -0.2) is 0 Å². The van der Waals surface area contributed by atoms with Gasteiger partial charge in [-0.1, -0.05) is 88.7 Å². The first kappa shape index (κ1) is 16.4. The van der Waals surface area contributed by atoms with E-state index in [1.807, 2.05) is 72.8 Å². The fraction of sp³-hybridized carbons (Fsp3) is 0.0455. The van der Waals surface area contributed by atoms with E-state index in [9.17, 15) is 4.79 Å². The monoisotopic (exact) mass is 376 g/mol. The molecule has 0 saturated heterocycles. The summed E-state index contributed by atoms with van der Waals surface area (Å²) in [5, 5.41) is 0. The van der Waals surface area contributed by atoms with Crippen LogP contribution in [0.4, 0.5) is 0 Å². The van der Waals surface area contributed by atoms with Gasteiger partial charge in [-0.2, -0.15) is 0 Å². The summed E-state index contributed by atoms with van der Waals surface area (Å²) in [4.78, 5) is 12.3. The minimum Gasteiger partial charge on any atom is -0.289 e. The number of hydrogen-bond acceptors (Lipinski definition) is 1. The Balaban J connectivity index is 1.66. The molecule has 3 aromatic rings. The Bertz CT molecular complexity index is 831. The standard InChI is InChI=1S/C22H17BrO/c23-21-13-8-17(9-14-21)10-15-22(24)20-11-6-19(7-12-20)16-18-4-2-1-3-5-18/h1-15H,16H2/b15-10+. The predicted molar refractivity (Wildman–Crippen MR) is 103 cm³/mol. The molecule has 0 amide bonds. The van der Waals surface area contributed by atoms with Crippen molar-refractivity contribution in [1.29, 1.82) is 0 Å². The third kappa shape index (κ3) is 4.53. The summed E-state index contributed by atoms with van der Waals surface area (Å²) >= 11 is 3.40. The molecule has 0 spiro atoms. The quantitative estimate of drug-likeness (QED) is 0.398. The molecule has 0 atom stereocenters. The molecule has 2 heteroatoms. The predicted octanol–water partition coefficient (Wildman–Crippen LogP) is 5.94. The average molecular weight is 377 g/mol. The van der Waals surface area contributed by atoms with E-state index < -0.39 is 0 Å². The molecule has 0 N–H and O–H groups in total. The van der Waals surface area contributed by atoms with E-state index in [4.69, 9.17) is 0 Å². The lowest BCUT2D eigenvalue weighted by Gasteiger charge is -2.03. The van der Waals surface area contributed by atoms with Crippen molar-refractivity contribution in [3.05, 3.63) is 112 Å². The van der Waals surface area contributed by atoms with Crippen LogP contribution in [-0.4, -0.2) is 5.78 Å². The second kappa shape index (κ2) is 7.89. The Morgan fingerprint density at radius 3 is 2.08 bits per heavy atom. The van der Waals surface area contributed by atoms with E-state index in [1.54, 1.807) is 6.08 Å². The van der Waals surface area contributed by atoms with Gasteiger partial charge < -0.3 is 0 Å². The smallest absolute Gasteiger partial charge is 0.185 e. The van der Waals surface area contributed by atoms with E-state index in [2.05, 4.69) is 28.1 Å². The molecule has 3 aromatic carbocycles. The summed E-state index contributed by atoms with van der Waals surface area (Å²) in [6.07, 6.45) is 4.34. The maximum Gasteiger partial charge on any atom is 0.185 e. The van der Waals surface area contributed by atoms with Gasteiger partial charge in [0, 0.05) is 10.0 Å². The number of halogens is 1. The van der Waals surface area contributed by atoms with Gasteiger partial charge in [-0.3, -0.25) is 4.79 Å². The fourth-order valence-electron chi connectivity index (χ4n) is 2.46. The van der Waals surface area contributed by atoms with E-state index in [0.29, 0.717) is 5.56 Å². The molecule has 0 fully saturated rings. The second-order valence-corrected chi connectivity index (χ2v) is 6.52. The number of ketones is 1. The second-order valence-electron chi connectivity index (χ2n) is 5.61. The van der Waals surface area contributed by atoms with Crippen LogP contribution in [0.25, 0.3) is 6.08 Å². The first-order valence-electron chi connectivity index (χ1n) is 7.81. The molecule has 3 rings (SSSR count). The van der Waals surface area contributed by atoms with Crippen LogP contribution < -0.4 is 0 Å². The van der Waals surface area contributed by atoms with E-state index in [-0.39, 0.29) is 5.78 Å². The summed E-state index contributed by atoms with van der Waals surface area (Å²) in [5.41, 5.74) is 4.19.